The number of fused-ring (bicyclic) bond motifs is 2. The van der Waals surface area contributed by atoms with Gasteiger partial charge in [0.25, 0.3) is 5.56 Å². The third kappa shape index (κ3) is 5.20. The quantitative estimate of drug-likeness (QED) is 0.497. The zero-order valence-electron chi connectivity index (χ0n) is 19.6. The number of ether oxygens (including phenoxy) is 2. The van der Waals surface area contributed by atoms with E-state index in [1.807, 2.05) is 18.2 Å². The van der Waals surface area contributed by atoms with Gasteiger partial charge in [0.05, 0.1) is 12.1 Å². The predicted octanol–water partition coefficient (Wildman–Crippen LogP) is 4.82. The van der Waals surface area contributed by atoms with Crippen LogP contribution in [0.2, 0.25) is 0 Å². The number of pyridine rings is 1. The number of H-pyrrole nitrogens is 1. The van der Waals surface area contributed by atoms with Gasteiger partial charge in [0.2, 0.25) is 6.79 Å². The summed E-state index contributed by atoms with van der Waals surface area (Å²) in [7, 11) is 0. The Morgan fingerprint density at radius 1 is 1.12 bits per heavy atom. The fourth-order valence-electron chi connectivity index (χ4n) is 4.86. The first-order chi connectivity index (χ1) is 16.5. The zero-order chi connectivity index (χ0) is 23.5. The van der Waals surface area contributed by atoms with Crippen molar-refractivity contribution in [2.75, 3.05) is 13.3 Å². The molecule has 0 unspecified atom stereocenters. The number of hydrogen-bond donors (Lipinski definition) is 2. The third-order valence-electron chi connectivity index (χ3n) is 6.75. The van der Waals surface area contributed by atoms with Crippen molar-refractivity contribution >= 4 is 28.2 Å². The predicted molar refractivity (Wildman–Crippen MR) is 139 cm³/mol. The molecule has 7 heteroatoms. The van der Waals surface area contributed by atoms with Gasteiger partial charge in [0.15, 0.2) is 16.6 Å². The molecule has 0 atom stereocenters. The lowest BCUT2D eigenvalue weighted by atomic mass is 9.96. The van der Waals surface area contributed by atoms with Gasteiger partial charge in [-0.2, -0.15) is 0 Å². The summed E-state index contributed by atoms with van der Waals surface area (Å²) in [4.78, 5) is 18.1. The summed E-state index contributed by atoms with van der Waals surface area (Å²) in [6, 6.07) is 14.7. The highest BCUT2D eigenvalue weighted by atomic mass is 32.1. The maximum Gasteiger partial charge on any atom is 0.253 e. The Labute approximate surface area is 205 Å². The Kier molecular flexibility index (Phi) is 6.72. The molecule has 0 amide bonds. The summed E-state index contributed by atoms with van der Waals surface area (Å²) in [6.07, 6.45) is 6.94. The van der Waals surface area contributed by atoms with E-state index in [-0.39, 0.29) is 12.4 Å². The van der Waals surface area contributed by atoms with Crippen molar-refractivity contribution in [2.45, 2.75) is 58.0 Å². The second-order valence-corrected chi connectivity index (χ2v) is 9.75. The summed E-state index contributed by atoms with van der Waals surface area (Å²) >= 11 is 5.87. The summed E-state index contributed by atoms with van der Waals surface area (Å²) in [5.41, 5.74) is 3.84. The molecule has 2 N–H and O–H groups in total. The SMILES string of the molecule is Cc1cccc(CCN(Cc2cc3cc4c(cc3[nH]c2=O)OCO4)C(=S)NC2CCCCC2)c1. The molecule has 1 aliphatic carbocycles. The number of benzene rings is 2. The van der Waals surface area contributed by atoms with Crippen LogP contribution < -0.4 is 20.3 Å². The Hall–Kier alpha value is -3.06. The fourth-order valence-corrected chi connectivity index (χ4v) is 5.18. The Morgan fingerprint density at radius 2 is 1.91 bits per heavy atom. The average molecular weight is 478 g/mol. The number of nitrogens with one attached hydrogen (secondary N) is 2. The molecule has 6 nitrogen and oxygen atoms in total. The minimum atomic E-state index is -0.104. The highest BCUT2D eigenvalue weighted by molar-refractivity contribution is 7.80. The van der Waals surface area contributed by atoms with Crippen LogP contribution in [0.4, 0.5) is 0 Å². The van der Waals surface area contributed by atoms with E-state index in [9.17, 15) is 4.79 Å². The number of hydrogen-bond acceptors (Lipinski definition) is 4. The minimum absolute atomic E-state index is 0.104. The summed E-state index contributed by atoms with van der Waals surface area (Å²) in [5, 5.41) is 5.23. The average Bonchev–Trinajstić information content (AvgIpc) is 3.28. The number of aryl methyl sites for hydroxylation is 1. The van der Waals surface area contributed by atoms with E-state index in [0.717, 1.165) is 41.8 Å². The van der Waals surface area contributed by atoms with Crippen molar-refractivity contribution < 1.29 is 9.47 Å². The molecule has 1 fully saturated rings. The first-order valence-corrected chi connectivity index (χ1v) is 12.5. The second-order valence-electron chi connectivity index (χ2n) is 9.36. The molecule has 34 heavy (non-hydrogen) atoms. The largest absolute Gasteiger partial charge is 0.454 e. The summed E-state index contributed by atoms with van der Waals surface area (Å²) < 4.78 is 11.0. The van der Waals surface area contributed by atoms with Gasteiger partial charge < -0.3 is 24.7 Å². The number of aromatic nitrogens is 1. The zero-order valence-corrected chi connectivity index (χ0v) is 20.4. The van der Waals surface area contributed by atoms with Crippen molar-refractivity contribution in [3.05, 3.63) is 69.5 Å². The maximum atomic E-state index is 13.0. The first kappa shape index (κ1) is 22.7. The normalized spacial score (nSPS) is 15.4. The van der Waals surface area contributed by atoms with Crippen LogP contribution >= 0.6 is 12.2 Å². The smallest absolute Gasteiger partial charge is 0.253 e. The van der Waals surface area contributed by atoms with E-state index in [1.165, 1.54) is 30.4 Å². The van der Waals surface area contributed by atoms with E-state index < -0.39 is 0 Å². The summed E-state index contributed by atoms with van der Waals surface area (Å²) in [5.74, 6) is 1.37. The van der Waals surface area contributed by atoms with Crippen LogP contribution in [0.1, 0.15) is 48.8 Å². The molecule has 0 saturated heterocycles. The molecular formula is C27H31N3O3S. The van der Waals surface area contributed by atoms with E-state index in [1.54, 1.807) is 0 Å². The van der Waals surface area contributed by atoms with Crippen LogP contribution in [0.3, 0.4) is 0 Å². The van der Waals surface area contributed by atoms with Crippen LogP contribution in [0.5, 0.6) is 11.5 Å². The molecule has 0 radical (unpaired) electrons. The monoisotopic (exact) mass is 477 g/mol. The molecular weight excluding hydrogens is 446 g/mol. The molecule has 1 aromatic heterocycles. The maximum absolute atomic E-state index is 13.0. The minimum Gasteiger partial charge on any atom is -0.454 e. The topological polar surface area (TPSA) is 66.6 Å². The highest BCUT2D eigenvalue weighted by Crippen LogP contribution is 2.35. The Morgan fingerprint density at radius 3 is 2.71 bits per heavy atom. The van der Waals surface area contributed by atoms with Gasteiger partial charge in [-0.05, 0) is 56.1 Å². The Balaban J connectivity index is 1.38. The highest BCUT2D eigenvalue weighted by Gasteiger charge is 2.20. The van der Waals surface area contributed by atoms with Crippen molar-refractivity contribution in [1.82, 2.24) is 15.2 Å². The second kappa shape index (κ2) is 10.1. The van der Waals surface area contributed by atoms with Crippen LogP contribution in [0.15, 0.2) is 47.3 Å². The van der Waals surface area contributed by atoms with E-state index in [4.69, 9.17) is 21.7 Å². The number of thiocarbonyl (C=S) groups is 1. The van der Waals surface area contributed by atoms with Gasteiger partial charge in [0.1, 0.15) is 0 Å². The fraction of sp³-hybridized carbons (Fsp3) is 0.407. The third-order valence-corrected chi connectivity index (χ3v) is 7.12. The standard InChI is InChI=1S/C27H31N3O3S/c1-18-6-5-7-19(12-18)10-11-30(27(34)28-22-8-3-2-4-9-22)16-21-13-20-14-24-25(33-17-32-24)15-23(20)29-26(21)31/h5-7,12-15,22H,2-4,8-11,16-17H2,1H3,(H,28,34)(H,29,31). The first-order valence-electron chi connectivity index (χ1n) is 12.1. The summed E-state index contributed by atoms with van der Waals surface area (Å²) in [6.45, 7) is 3.50. The molecule has 1 saturated carbocycles. The van der Waals surface area contributed by atoms with Gasteiger partial charge in [-0.1, -0.05) is 49.1 Å². The number of aromatic amines is 1. The van der Waals surface area contributed by atoms with Crippen molar-refractivity contribution in [3.8, 4) is 11.5 Å². The van der Waals surface area contributed by atoms with Gasteiger partial charge in [0, 0.05) is 29.6 Å². The number of nitrogens with zero attached hydrogens (tertiary/aromatic N) is 1. The lowest BCUT2D eigenvalue weighted by molar-refractivity contribution is 0.174. The lowest BCUT2D eigenvalue weighted by Gasteiger charge is -2.31. The van der Waals surface area contributed by atoms with Gasteiger partial charge in [-0.15, -0.1) is 0 Å². The molecule has 2 aliphatic rings. The van der Waals surface area contributed by atoms with Crippen molar-refractivity contribution in [3.63, 3.8) is 0 Å². The number of rotatable bonds is 6. The molecule has 2 heterocycles. The molecule has 3 aromatic rings. The van der Waals surface area contributed by atoms with Gasteiger partial charge in [-0.25, -0.2) is 0 Å². The van der Waals surface area contributed by atoms with E-state index in [0.29, 0.717) is 29.6 Å². The molecule has 5 rings (SSSR count). The van der Waals surface area contributed by atoms with E-state index >= 15 is 0 Å². The van der Waals surface area contributed by atoms with Crippen LogP contribution in [-0.4, -0.2) is 34.4 Å². The molecule has 0 spiro atoms. The van der Waals surface area contributed by atoms with Gasteiger partial charge in [-0.3, -0.25) is 4.79 Å². The molecule has 2 aromatic carbocycles. The Bertz CT molecular complexity index is 1250. The molecule has 0 bridgehead atoms. The van der Waals surface area contributed by atoms with Crippen LogP contribution in [0, 0.1) is 6.92 Å². The van der Waals surface area contributed by atoms with Crippen LogP contribution in [0.25, 0.3) is 10.9 Å². The van der Waals surface area contributed by atoms with Crippen molar-refractivity contribution in [1.29, 1.82) is 0 Å². The van der Waals surface area contributed by atoms with Crippen molar-refractivity contribution in [2.24, 2.45) is 0 Å². The lowest BCUT2D eigenvalue weighted by Crippen LogP contribution is -2.46. The molecule has 178 valence electrons. The van der Waals surface area contributed by atoms with E-state index in [2.05, 4.69) is 46.4 Å². The van der Waals surface area contributed by atoms with Gasteiger partial charge >= 0.3 is 0 Å². The van der Waals surface area contributed by atoms with Crippen LogP contribution in [-0.2, 0) is 13.0 Å². The molecule has 1 aliphatic heterocycles.